The van der Waals surface area contributed by atoms with Crippen LogP contribution in [0.15, 0.2) is 34.9 Å². The van der Waals surface area contributed by atoms with E-state index in [9.17, 15) is 15.3 Å². The van der Waals surface area contributed by atoms with Gasteiger partial charge < -0.3 is 29.9 Å². The molecule has 0 aromatic heterocycles. The van der Waals surface area contributed by atoms with Gasteiger partial charge in [-0.15, -0.1) is 0 Å². The number of aliphatic hydroxyl groups is 4. The molecule has 0 radical (unpaired) electrons. The predicted molar refractivity (Wildman–Crippen MR) is 117 cm³/mol. The molecule has 0 bridgehead atoms. The first-order valence-corrected chi connectivity index (χ1v) is 11.1. The van der Waals surface area contributed by atoms with Crippen LogP contribution in [0.2, 0.25) is 0 Å². The van der Waals surface area contributed by atoms with Crippen LogP contribution in [0.4, 0.5) is 0 Å². The zero-order valence-electron chi connectivity index (χ0n) is 19.0. The summed E-state index contributed by atoms with van der Waals surface area (Å²) in [6.07, 6.45) is 5.09. The third kappa shape index (κ3) is 6.49. The first-order valence-electron chi connectivity index (χ1n) is 11.1. The van der Waals surface area contributed by atoms with Gasteiger partial charge >= 0.3 is 0 Å². The molecule has 1 fully saturated rings. The Morgan fingerprint density at radius 3 is 2.60 bits per heavy atom. The van der Waals surface area contributed by atoms with Crippen molar-refractivity contribution in [3.05, 3.63) is 34.9 Å². The Kier molecular flexibility index (Phi) is 9.28. The molecule has 0 amide bonds. The Hall–Kier alpha value is -1.02. The van der Waals surface area contributed by atoms with Crippen molar-refractivity contribution in [2.24, 2.45) is 5.41 Å². The molecule has 172 valence electrons. The first kappa shape index (κ1) is 25.2. The minimum Gasteiger partial charge on any atom is -0.394 e. The number of aliphatic hydroxyl groups excluding tert-OH is 4. The summed E-state index contributed by atoms with van der Waals surface area (Å²) in [6.45, 7) is 10.4. The highest BCUT2D eigenvalue weighted by Crippen LogP contribution is 2.42. The lowest BCUT2D eigenvalue weighted by Gasteiger charge is -2.40. The highest BCUT2D eigenvalue weighted by molar-refractivity contribution is 5.24. The molecule has 0 aromatic carbocycles. The fraction of sp³-hybridized carbons (Fsp3) is 0.750. The van der Waals surface area contributed by atoms with E-state index in [-0.39, 0.29) is 0 Å². The number of hydrogen-bond acceptors (Lipinski definition) is 6. The van der Waals surface area contributed by atoms with Crippen molar-refractivity contribution in [1.82, 2.24) is 0 Å². The summed E-state index contributed by atoms with van der Waals surface area (Å²) in [6, 6.07) is 0. The van der Waals surface area contributed by atoms with E-state index in [0.29, 0.717) is 5.41 Å². The molecular weight excluding hydrogens is 384 g/mol. The minimum absolute atomic E-state index is 0.296. The van der Waals surface area contributed by atoms with E-state index in [0.717, 1.165) is 12.8 Å². The summed E-state index contributed by atoms with van der Waals surface area (Å²) < 4.78 is 10.8. The normalized spacial score (nSPS) is 33.9. The first-order chi connectivity index (χ1) is 14.1. The quantitative estimate of drug-likeness (QED) is 0.353. The van der Waals surface area contributed by atoms with Crippen molar-refractivity contribution < 1.29 is 29.9 Å². The van der Waals surface area contributed by atoms with Crippen LogP contribution in [0.1, 0.15) is 66.7 Å². The van der Waals surface area contributed by atoms with Crippen molar-refractivity contribution in [3.8, 4) is 0 Å². The summed E-state index contributed by atoms with van der Waals surface area (Å²) >= 11 is 0. The monoisotopic (exact) mass is 424 g/mol. The molecule has 6 nitrogen and oxygen atoms in total. The van der Waals surface area contributed by atoms with Crippen LogP contribution in [0.25, 0.3) is 0 Å². The molecule has 6 heteroatoms. The molecule has 6 atom stereocenters. The molecule has 2 rings (SSSR count). The van der Waals surface area contributed by atoms with E-state index in [1.165, 1.54) is 24.8 Å². The second kappa shape index (κ2) is 11.0. The highest BCUT2D eigenvalue weighted by Gasteiger charge is 2.44. The highest BCUT2D eigenvalue weighted by atomic mass is 16.7. The SMILES string of the molecule is CC1=C(CC/C(C)=C/C=C/C(C)O[C@H]2C(O)O[C@H](CO)[C@@H](O)[C@@H]2O)C(C)(C)CCC1. The molecule has 0 saturated carbocycles. The van der Waals surface area contributed by atoms with E-state index in [1.807, 2.05) is 12.2 Å². The molecule has 0 spiro atoms. The van der Waals surface area contributed by atoms with Gasteiger partial charge in [0, 0.05) is 0 Å². The van der Waals surface area contributed by atoms with E-state index < -0.39 is 43.4 Å². The van der Waals surface area contributed by atoms with E-state index in [2.05, 4.69) is 33.8 Å². The average Bonchev–Trinajstić information content (AvgIpc) is 2.67. The van der Waals surface area contributed by atoms with E-state index >= 15 is 0 Å². The van der Waals surface area contributed by atoms with Crippen molar-refractivity contribution in [3.63, 3.8) is 0 Å². The molecule has 30 heavy (non-hydrogen) atoms. The van der Waals surface area contributed by atoms with Crippen LogP contribution in [0, 0.1) is 5.41 Å². The Morgan fingerprint density at radius 2 is 1.97 bits per heavy atom. The molecule has 1 heterocycles. The van der Waals surface area contributed by atoms with Gasteiger partial charge in [-0.05, 0) is 58.3 Å². The van der Waals surface area contributed by atoms with Crippen LogP contribution >= 0.6 is 0 Å². The molecule has 2 unspecified atom stereocenters. The third-order valence-corrected chi connectivity index (χ3v) is 6.43. The maximum Gasteiger partial charge on any atom is 0.184 e. The van der Waals surface area contributed by atoms with Crippen molar-refractivity contribution in [2.45, 2.75) is 104 Å². The largest absolute Gasteiger partial charge is 0.394 e. The Balaban J connectivity index is 1.87. The Bertz CT molecular complexity index is 650. The molecule has 0 aromatic rings. The van der Waals surface area contributed by atoms with Crippen molar-refractivity contribution in [1.29, 1.82) is 0 Å². The van der Waals surface area contributed by atoms with Gasteiger partial charge in [-0.1, -0.05) is 48.8 Å². The standard InChI is InChI=1S/C24H40O6/c1-15(11-12-18-16(2)9-7-13-24(18,4)5)8-6-10-17(3)29-22-21(27)20(26)19(14-25)30-23(22)28/h6,8,10,17,19-23,25-28H,7,9,11-14H2,1-5H3/b10-6+,15-8+/t17?,19-,20-,21+,22-,23?/m1/s1. The third-order valence-electron chi connectivity index (χ3n) is 6.43. The van der Waals surface area contributed by atoms with Crippen LogP contribution in [0.3, 0.4) is 0 Å². The fourth-order valence-electron chi connectivity index (χ4n) is 4.52. The van der Waals surface area contributed by atoms with Gasteiger partial charge in [0.2, 0.25) is 0 Å². The minimum atomic E-state index is -1.41. The second-order valence-electron chi connectivity index (χ2n) is 9.43. The van der Waals surface area contributed by atoms with Gasteiger partial charge in [-0.25, -0.2) is 0 Å². The maximum absolute atomic E-state index is 10.2. The zero-order chi connectivity index (χ0) is 22.5. The molecule has 2 aliphatic rings. The second-order valence-corrected chi connectivity index (χ2v) is 9.43. The molecular formula is C24H40O6. The summed E-state index contributed by atoms with van der Waals surface area (Å²) in [5.74, 6) is 0. The summed E-state index contributed by atoms with van der Waals surface area (Å²) in [4.78, 5) is 0. The zero-order valence-corrected chi connectivity index (χ0v) is 19.0. The van der Waals surface area contributed by atoms with Gasteiger partial charge in [0.1, 0.15) is 24.4 Å². The number of ether oxygens (including phenoxy) is 2. The van der Waals surface area contributed by atoms with Crippen molar-refractivity contribution in [2.75, 3.05) is 6.61 Å². The van der Waals surface area contributed by atoms with Gasteiger partial charge in [0.05, 0.1) is 12.7 Å². The average molecular weight is 425 g/mol. The molecule has 1 aliphatic carbocycles. The Labute approximate surface area is 180 Å². The van der Waals surface area contributed by atoms with Gasteiger partial charge in [-0.3, -0.25) is 0 Å². The van der Waals surface area contributed by atoms with Gasteiger partial charge in [0.25, 0.3) is 0 Å². The van der Waals surface area contributed by atoms with Crippen LogP contribution < -0.4 is 0 Å². The number of allylic oxidation sites excluding steroid dienone is 5. The number of rotatable bonds is 8. The maximum atomic E-state index is 10.2. The van der Waals surface area contributed by atoms with Crippen LogP contribution in [-0.2, 0) is 9.47 Å². The van der Waals surface area contributed by atoms with E-state index in [1.54, 1.807) is 18.1 Å². The van der Waals surface area contributed by atoms with E-state index in [4.69, 9.17) is 14.6 Å². The summed E-state index contributed by atoms with van der Waals surface area (Å²) in [5.41, 5.74) is 4.73. The molecule has 1 saturated heterocycles. The van der Waals surface area contributed by atoms with Gasteiger partial charge in [-0.2, -0.15) is 0 Å². The lowest BCUT2D eigenvalue weighted by molar-refractivity contribution is -0.300. The van der Waals surface area contributed by atoms with Crippen LogP contribution in [-0.4, -0.2) is 63.8 Å². The predicted octanol–water partition coefficient (Wildman–Crippen LogP) is 3.00. The summed E-state index contributed by atoms with van der Waals surface area (Å²) in [5, 5.41) is 39.3. The van der Waals surface area contributed by atoms with Crippen molar-refractivity contribution >= 4 is 0 Å². The molecule has 1 aliphatic heterocycles. The van der Waals surface area contributed by atoms with Crippen LogP contribution in [0.5, 0.6) is 0 Å². The topological polar surface area (TPSA) is 99.4 Å². The smallest absolute Gasteiger partial charge is 0.184 e. The lowest BCUT2D eigenvalue weighted by atomic mass is 9.71. The summed E-state index contributed by atoms with van der Waals surface area (Å²) in [7, 11) is 0. The lowest BCUT2D eigenvalue weighted by Crippen LogP contribution is -2.59. The fourth-order valence-corrected chi connectivity index (χ4v) is 4.52. The molecule has 4 N–H and O–H groups in total. The number of hydrogen-bond donors (Lipinski definition) is 4. The van der Waals surface area contributed by atoms with Gasteiger partial charge in [0.15, 0.2) is 6.29 Å². The Morgan fingerprint density at radius 1 is 1.27 bits per heavy atom.